The highest BCUT2D eigenvalue weighted by molar-refractivity contribution is 6.30. The monoisotopic (exact) mass is 595 g/mol. The largest absolute Gasteiger partial charge is 0.350 e. The zero-order valence-corrected chi connectivity index (χ0v) is 24.5. The minimum absolute atomic E-state index is 0.233. The molecular weight excluding hydrogens is 570 g/mol. The number of carbonyl (C=O) groups excluding carboxylic acids is 3. The van der Waals surface area contributed by atoms with Crippen LogP contribution in [0.1, 0.15) is 37.4 Å². The van der Waals surface area contributed by atoms with E-state index in [9.17, 15) is 14.4 Å². The van der Waals surface area contributed by atoms with Crippen molar-refractivity contribution in [2.75, 3.05) is 10.2 Å². The van der Waals surface area contributed by atoms with E-state index in [4.69, 9.17) is 16.6 Å². The predicted octanol–water partition coefficient (Wildman–Crippen LogP) is 7.05. The van der Waals surface area contributed by atoms with Crippen LogP contribution >= 0.6 is 11.6 Å². The fourth-order valence-corrected chi connectivity index (χ4v) is 7.64. The number of ketones is 2. The van der Waals surface area contributed by atoms with Crippen molar-refractivity contribution in [1.29, 1.82) is 0 Å². The van der Waals surface area contributed by atoms with Gasteiger partial charge in [-0.25, -0.2) is 0 Å². The van der Waals surface area contributed by atoms with Gasteiger partial charge in [0.05, 0.1) is 23.2 Å². The molecule has 1 saturated heterocycles. The molecule has 44 heavy (non-hydrogen) atoms. The molecule has 8 rings (SSSR count). The van der Waals surface area contributed by atoms with Gasteiger partial charge in [0.15, 0.2) is 11.6 Å². The number of halogens is 1. The molecule has 1 spiro atoms. The smallest absolute Gasteiger partial charge is 0.238 e. The second-order valence-electron chi connectivity index (χ2n) is 11.7. The van der Waals surface area contributed by atoms with Crippen molar-refractivity contribution in [3.05, 3.63) is 142 Å². The molecule has 3 aliphatic rings. The Morgan fingerprint density at radius 1 is 0.886 bits per heavy atom. The average molecular weight is 596 g/mol. The van der Waals surface area contributed by atoms with Gasteiger partial charge in [-0.2, -0.15) is 0 Å². The van der Waals surface area contributed by atoms with Crippen LogP contribution < -0.4 is 10.2 Å². The van der Waals surface area contributed by atoms with E-state index in [1.807, 2.05) is 84.6 Å². The highest BCUT2D eigenvalue weighted by atomic mass is 35.5. The van der Waals surface area contributed by atoms with E-state index in [1.54, 1.807) is 42.6 Å². The number of pyridine rings is 1. The number of nitrogens with zero attached hydrogens (tertiary/aromatic N) is 2. The van der Waals surface area contributed by atoms with Crippen LogP contribution in [0.15, 0.2) is 109 Å². The minimum Gasteiger partial charge on any atom is -0.350 e. The molecule has 4 heterocycles. The first-order chi connectivity index (χ1) is 21.4. The Morgan fingerprint density at radius 2 is 1.66 bits per heavy atom. The van der Waals surface area contributed by atoms with Crippen LogP contribution in [0.3, 0.4) is 0 Å². The molecule has 7 heteroatoms. The Labute approximate surface area is 259 Å². The summed E-state index contributed by atoms with van der Waals surface area (Å²) in [7, 11) is 0. The third-order valence-corrected chi connectivity index (χ3v) is 9.60. The highest BCUT2D eigenvalue weighted by Crippen LogP contribution is 2.59. The van der Waals surface area contributed by atoms with E-state index in [0.717, 1.165) is 27.8 Å². The van der Waals surface area contributed by atoms with Crippen molar-refractivity contribution >= 4 is 57.4 Å². The number of hydrogen-bond donors (Lipinski definition) is 1. The maximum absolute atomic E-state index is 15.0. The van der Waals surface area contributed by atoms with Crippen LogP contribution in [0.4, 0.5) is 11.4 Å². The molecule has 0 radical (unpaired) electrons. The summed E-state index contributed by atoms with van der Waals surface area (Å²) in [5.74, 6) is -1.90. The average Bonchev–Trinajstić information content (AvgIpc) is 3.52. The lowest BCUT2D eigenvalue weighted by atomic mass is 9.64. The Kier molecular flexibility index (Phi) is 5.87. The molecular formula is C37H26ClN3O3. The Balaban J connectivity index is 1.48. The van der Waals surface area contributed by atoms with E-state index in [2.05, 4.69) is 5.32 Å². The molecule has 6 nitrogen and oxygen atoms in total. The van der Waals surface area contributed by atoms with Crippen LogP contribution in [0.2, 0.25) is 5.02 Å². The number of carbonyl (C=O) groups is 3. The summed E-state index contributed by atoms with van der Waals surface area (Å²) < 4.78 is 0. The first-order valence-corrected chi connectivity index (χ1v) is 14.9. The zero-order chi connectivity index (χ0) is 30.2. The molecule has 1 aromatic heterocycles. The van der Waals surface area contributed by atoms with Crippen molar-refractivity contribution in [2.24, 2.45) is 5.92 Å². The molecule has 0 unspecified atom stereocenters. The summed E-state index contributed by atoms with van der Waals surface area (Å²) in [6.45, 7) is 1.97. The van der Waals surface area contributed by atoms with Crippen LogP contribution in [0.25, 0.3) is 17.0 Å². The lowest BCUT2D eigenvalue weighted by Crippen LogP contribution is -2.51. The second-order valence-corrected chi connectivity index (χ2v) is 12.1. The number of benzene rings is 4. The van der Waals surface area contributed by atoms with Crippen molar-refractivity contribution in [2.45, 2.75) is 24.4 Å². The standard InChI is InChI=1S/C37H26ClN3O3/c1-21-9-17-28-27(20-21)37(36(44)40-28)29-18-14-23-11-10-22-8-5-19-39-31(22)32(23)41(29)33(35(43)24-6-3-2-4-7-24)30(37)34(42)25-12-15-26(38)16-13-25/h2-20,29-30,33H,1H3,(H,40,44)/t29-,30+,33+,37-/m1/s1. The maximum atomic E-state index is 15.0. The maximum Gasteiger partial charge on any atom is 0.238 e. The first kappa shape index (κ1) is 26.5. The molecule has 0 aliphatic carbocycles. The summed E-state index contributed by atoms with van der Waals surface area (Å²) >= 11 is 6.22. The van der Waals surface area contributed by atoms with Crippen molar-refractivity contribution < 1.29 is 14.4 Å². The Morgan fingerprint density at radius 3 is 2.45 bits per heavy atom. The van der Waals surface area contributed by atoms with E-state index in [1.165, 1.54) is 0 Å². The summed E-state index contributed by atoms with van der Waals surface area (Å²) in [5.41, 5.74) is 4.09. The normalized spacial score (nSPS) is 22.9. The van der Waals surface area contributed by atoms with Gasteiger partial charge in [-0.3, -0.25) is 19.4 Å². The fraction of sp³-hybridized carbons (Fsp3) is 0.135. The summed E-state index contributed by atoms with van der Waals surface area (Å²) in [6, 6.07) is 27.7. The van der Waals surface area contributed by atoms with Gasteiger partial charge in [0.1, 0.15) is 11.5 Å². The van der Waals surface area contributed by atoms with Gasteiger partial charge >= 0.3 is 0 Å². The summed E-state index contributed by atoms with van der Waals surface area (Å²) in [6.07, 6.45) is 5.70. The number of aryl methyl sites for hydroxylation is 1. The molecule has 4 aromatic carbocycles. The third-order valence-electron chi connectivity index (χ3n) is 9.35. The first-order valence-electron chi connectivity index (χ1n) is 14.6. The van der Waals surface area contributed by atoms with Crippen molar-refractivity contribution in [1.82, 2.24) is 4.98 Å². The number of hydrogen-bond acceptors (Lipinski definition) is 5. The van der Waals surface area contributed by atoms with Gasteiger partial charge in [0, 0.05) is 33.4 Å². The van der Waals surface area contributed by atoms with Crippen LogP contribution in [-0.2, 0) is 10.2 Å². The van der Waals surface area contributed by atoms with Gasteiger partial charge in [0.25, 0.3) is 0 Å². The third kappa shape index (κ3) is 3.61. The molecule has 1 N–H and O–H groups in total. The van der Waals surface area contributed by atoms with Crippen LogP contribution in [-0.4, -0.2) is 34.5 Å². The van der Waals surface area contributed by atoms with E-state index in [0.29, 0.717) is 27.4 Å². The number of fused-ring (bicyclic) bond motifs is 8. The van der Waals surface area contributed by atoms with Gasteiger partial charge in [-0.1, -0.05) is 90.0 Å². The SMILES string of the molecule is Cc1ccc2c(c1)[C@]1(C(=O)N2)[C@H](C(=O)c2ccc(Cl)cc2)[C@@H](C(=O)c2ccccc2)N2c3c(ccc4cccnc34)C=C[C@@H]21. The van der Waals surface area contributed by atoms with Crippen LogP contribution in [0, 0.1) is 12.8 Å². The number of rotatable bonds is 4. The summed E-state index contributed by atoms with van der Waals surface area (Å²) in [5, 5.41) is 4.49. The topological polar surface area (TPSA) is 79.4 Å². The molecule has 3 aliphatic heterocycles. The van der Waals surface area contributed by atoms with Gasteiger partial charge in [-0.05, 0) is 54.4 Å². The van der Waals surface area contributed by atoms with Crippen molar-refractivity contribution in [3.63, 3.8) is 0 Å². The van der Waals surface area contributed by atoms with Gasteiger partial charge in [-0.15, -0.1) is 0 Å². The molecule has 0 saturated carbocycles. The van der Waals surface area contributed by atoms with Gasteiger partial charge in [0.2, 0.25) is 5.91 Å². The summed E-state index contributed by atoms with van der Waals surface area (Å²) in [4.78, 5) is 51.3. The molecule has 214 valence electrons. The van der Waals surface area contributed by atoms with E-state index in [-0.39, 0.29) is 17.5 Å². The quantitative estimate of drug-likeness (QED) is 0.225. The number of Topliss-reactive ketones (excluding diaryl/α,β-unsaturated/α-hetero) is 2. The van der Waals surface area contributed by atoms with Crippen LogP contribution in [0.5, 0.6) is 0 Å². The molecule has 4 atom stereocenters. The van der Waals surface area contributed by atoms with Gasteiger partial charge < -0.3 is 10.2 Å². The number of aromatic nitrogens is 1. The van der Waals surface area contributed by atoms with Crippen molar-refractivity contribution in [3.8, 4) is 0 Å². The predicted molar refractivity (Wildman–Crippen MR) is 172 cm³/mol. The Hall–Kier alpha value is -5.07. The zero-order valence-electron chi connectivity index (χ0n) is 23.7. The molecule has 1 amide bonds. The molecule has 5 aromatic rings. The lowest BCUT2D eigenvalue weighted by Gasteiger charge is -2.38. The second kappa shape index (κ2) is 9.73. The Bertz CT molecular complexity index is 2060. The fourth-order valence-electron chi connectivity index (χ4n) is 7.51. The van der Waals surface area contributed by atoms with E-state index >= 15 is 0 Å². The van der Waals surface area contributed by atoms with E-state index < -0.39 is 23.4 Å². The number of amides is 1. The molecule has 1 fully saturated rings. The molecule has 0 bridgehead atoms. The minimum atomic E-state index is -1.40. The highest BCUT2D eigenvalue weighted by Gasteiger charge is 2.70. The number of nitrogens with one attached hydrogen (secondary N) is 1. The lowest BCUT2D eigenvalue weighted by molar-refractivity contribution is -0.121. The number of anilines is 2.